The molecular formula is C34H36N3O6S2+. The third-order valence-electron chi connectivity index (χ3n) is 8.68. The van der Waals surface area contributed by atoms with Gasteiger partial charge in [0.25, 0.3) is 20.2 Å². The van der Waals surface area contributed by atoms with Gasteiger partial charge >= 0.3 is 0 Å². The highest BCUT2D eigenvalue weighted by molar-refractivity contribution is 7.86. The SMILES string of the molecule is CN1/C(=C/C=C/C(=C/C=C/C2=[N+](C)c3ccc(S(=O)(=O)O)cc3C2(C)C)c2ccncc2)C(C)(C)c2cc(S(=O)(=O)O)ccc21. The Morgan fingerprint density at radius 3 is 2.07 bits per heavy atom. The minimum Gasteiger partial charge on any atom is -0.347 e. The molecule has 45 heavy (non-hydrogen) atoms. The predicted molar refractivity (Wildman–Crippen MR) is 176 cm³/mol. The number of aromatic nitrogens is 1. The number of anilines is 1. The zero-order valence-corrected chi connectivity index (χ0v) is 27.6. The predicted octanol–water partition coefficient (Wildman–Crippen LogP) is 6.09. The molecule has 11 heteroatoms. The Bertz CT molecular complexity index is 2070. The van der Waals surface area contributed by atoms with Crippen molar-refractivity contribution in [3.63, 3.8) is 0 Å². The molecule has 0 atom stereocenters. The van der Waals surface area contributed by atoms with Crippen LogP contribution in [0.5, 0.6) is 0 Å². The Morgan fingerprint density at radius 1 is 0.844 bits per heavy atom. The Morgan fingerprint density at radius 2 is 1.44 bits per heavy atom. The van der Waals surface area contributed by atoms with Gasteiger partial charge in [0.05, 0.1) is 15.2 Å². The van der Waals surface area contributed by atoms with Crippen molar-refractivity contribution in [1.82, 2.24) is 4.98 Å². The van der Waals surface area contributed by atoms with E-state index in [2.05, 4.69) is 4.98 Å². The second kappa shape index (κ2) is 11.3. The summed E-state index contributed by atoms with van der Waals surface area (Å²) >= 11 is 0. The molecular weight excluding hydrogens is 611 g/mol. The lowest BCUT2D eigenvalue weighted by atomic mass is 9.81. The molecule has 2 aliphatic heterocycles. The molecule has 0 amide bonds. The van der Waals surface area contributed by atoms with Gasteiger partial charge in [-0.2, -0.15) is 21.4 Å². The molecule has 5 rings (SSSR count). The van der Waals surface area contributed by atoms with Gasteiger partial charge in [-0.05, 0) is 79.1 Å². The first kappa shape index (κ1) is 32.2. The van der Waals surface area contributed by atoms with E-state index in [9.17, 15) is 25.9 Å². The molecule has 2 N–H and O–H groups in total. The van der Waals surface area contributed by atoms with Gasteiger partial charge in [-0.1, -0.05) is 38.2 Å². The first-order chi connectivity index (χ1) is 20.9. The number of fused-ring (bicyclic) bond motifs is 2. The summed E-state index contributed by atoms with van der Waals surface area (Å²) in [6.07, 6.45) is 15.3. The summed E-state index contributed by atoms with van der Waals surface area (Å²) in [4.78, 5) is 5.90. The number of benzene rings is 2. The van der Waals surface area contributed by atoms with Crippen molar-refractivity contribution in [2.75, 3.05) is 19.0 Å². The zero-order chi connectivity index (χ0) is 32.9. The molecule has 0 radical (unpaired) electrons. The van der Waals surface area contributed by atoms with Crippen LogP contribution in [0.3, 0.4) is 0 Å². The molecule has 0 bridgehead atoms. The number of nitrogens with zero attached hydrogens (tertiary/aromatic N) is 3. The number of allylic oxidation sites excluding steroid dienone is 8. The number of likely N-dealkylation sites (N-methyl/N-ethyl adjacent to an activating group) is 1. The monoisotopic (exact) mass is 646 g/mol. The van der Waals surface area contributed by atoms with Gasteiger partial charge in [-0.15, -0.1) is 0 Å². The Hall–Kier alpha value is -4.16. The smallest absolute Gasteiger partial charge is 0.294 e. The molecule has 1 aromatic heterocycles. The number of rotatable bonds is 7. The van der Waals surface area contributed by atoms with Gasteiger partial charge in [0, 0.05) is 53.9 Å². The van der Waals surface area contributed by atoms with Crippen molar-refractivity contribution in [3.05, 3.63) is 120 Å². The Kier molecular flexibility index (Phi) is 8.12. The second-order valence-electron chi connectivity index (χ2n) is 12.2. The fourth-order valence-corrected chi connectivity index (χ4v) is 7.24. The normalized spacial score (nSPS) is 18.8. The maximum atomic E-state index is 11.8. The minimum atomic E-state index is -4.33. The molecule has 9 nitrogen and oxygen atoms in total. The van der Waals surface area contributed by atoms with E-state index in [-0.39, 0.29) is 9.79 Å². The van der Waals surface area contributed by atoms with Crippen LogP contribution in [-0.4, -0.2) is 55.3 Å². The van der Waals surface area contributed by atoms with Gasteiger partial charge in [-0.25, -0.2) is 0 Å². The molecule has 0 unspecified atom stereocenters. The lowest BCUT2D eigenvalue weighted by molar-refractivity contribution is -0.401. The summed E-state index contributed by atoms with van der Waals surface area (Å²) in [6.45, 7) is 8.05. The topological polar surface area (TPSA) is 128 Å². The van der Waals surface area contributed by atoms with Gasteiger partial charge < -0.3 is 4.90 Å². The van der Waals surface area contributed by atoms with E-state index in [1.165, 1.54) is 24.3 Å². The van der Waals surface area contributed by atoms with Crippen molar-refractivity contribution in [1.29, 1.82) is 0 Å². The molecule has 234 valence electrons. The molecule has 2 aliphatic rings. The van der Waals surface area contributed by atoms with Crippen LogP contribution in [0.1, 0.15) is 44.4 Å². The van der Waals surface area contributed by atoms with Crippen molar-refractivity contribution < 1.29 is 30.5 Å². The maximum absolute atomic E-state index is 11.8. The Balaban J connectivity index is 1.48. The molecule has 3 heterocycles. The summed E-state index contributed by atoms with van der Waals surface area (Å²) in [7, 11) is -4.80. The average Bonchev–Trinajstić information content (AvgIpc) is 3.28. The lowest BCUT2D eigenvalue weighted by Crippen LogP contribution is -2.26. The summed E-state index contributed by atoms with van der Waals surface area (Å²) in [5, 5.41) is 0. The van der Waals surface area contributed by atoms with E-state index in [0.29, 0.717) is 0 Å². The molecule has 0 aliphatic carbocycles. The van der Waals surface area contributed by atoms with Crippen LogP contribution in [0, 0.1) is 0 Å². The highest BCUT2D eigenvalue weighted by Gasteiger charge is 2.43. The van der Waals surface area contributed by atoms with Crippen molar-refractivity contribution in [2.45, 2.75) is 48.3 Å². The number of hydrogen-bond acceptors (Lipinski definition) is 6. The molecule has 2 aromatic carbocycles. The molecule has 0 saturated carbocycles. The van der Waals surface area contributed by atoms with Crippen LogP contribution >= 0.6 is 0 Å². The first-order valence-electron chi connectivity index (χ1n) is 14.2. The van der Waals surface area contributed by atoms with E-state index >= 15 is 0 Å². The second-order valence-corrected chi connectivity index (χ2v) is 15.0. The summed E-state index contributed by atoms with van der Waals surface area (Å²) in [6, 6.07) is 13.1. The molecule has 0 fully saturated rings. The van der Waals surface area contributed by atoms with E-state index in [4.69, 9.17) is 0 Å². The van der Waals surface area contributed by atoms with E-state index < -0.39 is 31.1 Å². The highest BCUT2D eigenvalue weighted by Crippen LogP contribution is 2.47. The zero-order valence-electron chi connectivity index (χ0n) is 25.9. The molecule has 0 saturated heterocycles. The Labute approximate surface area is 264 Å². The van der Waals surface area contributed by atoms with Crippen LogP contribution in [0.25, 0.3) is 5.57 Å². The van der Waals surface area contributed by atoms with Crippen LogP contribution in [-0.2, 0) is 31.1 Å². The van der Waals surface area contributed by atoms with Gasteiger partial charge in [0.2, 0.25) is 5.69 Å². The maximum Gasteiger partial charge on any atom is 0.294 e. The number of pyridine rings is 1. The van der Waals surface area contributed by atoms with Crippen molar-refractivity contribution in [3.8, 4) is 0 Å². The van der Waals surface area contributed by atoms with Gasteiger partial charge in [0.1, 0.15) is 7.05 Å². The van der Waals surface area contributed by atoms with Crippen LogP contribution in [0.15, 0.2) is 113 Å². The van der Waals surface area contributed by atoms with Crippen LogP contribution < -0.4 is 4.90 Å². The summed E-state index contributed by atoms with van der Waals surface area (Å²) in [5.74, 6) is 0. The standard InChI is InChI=1S/C34H35N3O6S2/c1-33(2)27-21-25(44(38,39)40)13-15-29(27)36(5)31(33)11-7-9-23(24-17-19-35-20-18-24)10-8-12-32-34(3,4)28-22-26(45(41,42)43)14-16-30(28)37(32)6/h7-22H,1-6H3,(H-,38,39,40,41,42,43)/p+1. The van der Waals surface area contributed by atoms with Gasteiger partial charge in [-0.3, -0.25) is 14.1 Å². The largest absolute Gasteiger partial charge is 0.347 e. The lowest BCUT2D eigenvalue weighted by Gasteiger charge is -2.23. The summed E-state index contributed by atoms with van der Waals surface area (Å²) < 4.78 is 68.3. The third kappa shape index (κ3) is 5.96. The van der Waals surface area contributed by atoms with Crippen LogP contribution in [0.2, 0.25) is 0 Å². The fourth-order valence-electron chi connectivity index (χ4n) is 6.23. The molecule has 3 aromatic rings. The molecule has 0 spiro atoms. The van der Waals surface area contributed by atoms with E-state index in [1.807, 2.05) is 99.9 Å². The van der Waals surface area contributed by atoms with Crippen molar-refractivity contribution >= 4 is 42.9 Å². The fraction of sp³-hybridized carbons (Fsp3) is 0.235. The minimum absolute atomic E-state index is 0.134. The van der Waals surface area contributed by atoms with Crippen molar-refractivity contribution in [2.24, 2.45) is 0 Å². The first-order valence-corrected chi connectivity index (χ1v) is 17.1. The highest BCUT2D eigenvalue weighted by atomic mass is 32.2. The van der Waals surface area contributed by atoms with Gasteiger partial charge in [0.15, 0.2) is 5.71 Å². The van der Waals surface area contributed by atoms with Crippen LogP contribution in [0.4, 0.5) is 11.4 Å². The average molecular weight is 647 g/mol. The summed E-state index contributed by atoms with van der Waals surface area (Å²) in [5.41, 5.74) is 6.08. The van der Waals surface area contributed by atoms with E-state index in [0.717, 1.165) is 45.0 Å². The van der Waals surface area contributed by atoms with E-state index in [1.54, 1.807) is 24.5 Å². The quantitative estimate of drug-likeness (QED) is 0.179. The third-order valence-corrected chi connectivity index (χ3v) is 10.4. The number of hydrogen-bond donors (Lipinski definition) is 2.